The Balaban J connectivity index is 1.35. The van der Waals surface area contributed by atoms with E-state index in [0.29, 0.717) is 39.4 Å². The zero-order chi connectivity index (χ0) is 28.4. The molecular formula is C28H30Cl2N4O5S. The Kier molecular flexibility index (Phi) is 8.42. The number of ether oxygens (including phenoxy) is 2. The van der Waals surface area contributed by atoms with Crippen molar-refractivity contribution in [1.82, 2.24) is 9.88 Å². The molecule has 0 aliphatic carbocycles. The maximum absolute atomic E-state index is 13.3. The minimum atomic E-state index is -4.07. The highest BCUT2D eigenvalue weighted by Gasteiger charge is 2.26. The van der Waals surface area contributed by atoms with Gasteiger partial charge in [-0.3, -0.25) is 9.52 Å². The molecule has 1 amide bonds. The van der Waals surface area contributed by atoms with E-state index in [4.69, 9.17) is 32.7 Å². The second kappa shape index (κ2) is 11.8. The van der Waals surface area contributed by atoms with Crippen molar-refractivity contribution in [1.29, 1.82) is 0 Å². The van der Waals surface area contributed by atoms with Gasteiger partial charge in [0.25, 0.3) is 10.0 Å². The third-order valence-electron chi connectivity index (χ3n) is 7.12. The number of sulfonamides is 1. The lowest BCUT2D eigenvalue weighted by atomic mass is 9.98. The number of rotatable bonds is 9. The molecule has 0 unspecified atom stereocenters. The van der Waals surface area contributed by atoms with E-state index in [0.717, 1.165) is 31.5 Å². The highest BCUT2D eigenvalue weighted by molar-refractivity contribution is 7.92. The molecule has 3 aromatic rings. The summed E-state index contributed by atoms with van der Waals surface area (Å²) in [6.07, 6.45) is 2.27. The number of halogens is 2. The van der Waals surface area contributed by atoms with Crippen LogP contribution in [0, 0.1) is 12.8 Å². The lowest BCUT2D eigenvalue weighted by molar-refractivity contribution is -0.115. The van der Waals surface area contributed by atoms with Crippen molar-refractivity contribution in [3.05, 3.63) is 69.2 Å². The monoisotopic (exact) mass is 604 g/mol. The molecule has 2 aromatic carbocycles. The molecule has 0 spiro atoms. The summed E-state index contributed by atoms with van der Waals surface area (Å²) in [5.41, 5.74) is 1.79. The summed E-state index contributed by atoms with van der Waals surface area (Å²) < 4.78 is 41.2. The molecule has 9 nitrogen and oxygen atoms in total. The van der Waals surface area contributed by atoms with E-state index in [1.165, 1.54) is 6.07 Å². The number of benzene rings is 2. The second-order valence-corrected chi connectivity index (χ2v) is 12.6. The SMILES string of the molecule is Cc1c(Cl)cccc1S(=O)(=O)Nc1nc2c(cc1OCc1ccc(Cl)c(OCC3CCN(C)CC3)c1)CC(=O)N2. The van der Waals surface area contributed by atoms with Crippen LogP contribution in [0.2, 0.25) is 10.0 Å². The zero-order valence-corrected chi connectivity index (χ0v) is 24.5. The van der Waals surface area contributed by atoms with Gasteiger partial charge in [-0.1, -0.05) is 35.3 Å². The molecule has 0 saturated carbocycles. The molecule has 2 aliphatic rings. The lowest BCUT2D eigenvalue weighted by Gasteiger charge is -2.28. The van der Waals surface area contributed by atoms with Gasteiger partial charge in [0.05, 0.1) is 22.9 Å². The molecular weight excluding hydrogens is 575 g/mol. The smallest absolute Gasteiger partial charge is 0.263 e. The van der Waals surface area contributed by atoms with E-state index in [9.17, 15) is 13.2 Å². The molecule has 3 heterocycles. The average Bonchev–Trinajstić information content (AvgIpc) is 3.28. The first-order chi connectivity index (χ1) is 19.1. The third-order valence-corrected chi connectivity index (χ3v) is 9.32. The summed E-state index contributed by atoms with van der Waals surface area (Å²) in [5.74, 6) is 1.23. The first kappa shape index (κ1) is 28.5. The van der Waals surface area contributed by atoms with Crippen molar-refractivity contribution in [3.8, 4) is 11.5 Å². The van der Waals surface area contributed by atoms with Crippen LogP contribution in [0.15, 0.2) is 47.4 Å². The summed E-state index contributed by atoms with van der Waals surface area (Å²) in [5, 5.41) is 3.48. The van der Waals surface area contributed by atoms with Crippen molar-refractivity contribution >= 4 is 50.8 Å². The average molecular weight is 606 g/mol. The Morgan fingerprint density at radius 3 is 2.62 bits per heavy atom. The van der Waals surface area contributed by atoms with Crippen LogP contribution in [0.3, 0.4) is 0 Å². The molecule has 1 saturated heterocycles. The third kappa shape index (κ3) is 6.46. The zero-order valence-electron chi connectivity index (χ0n) is 22.2. The summed E-state index contributed by atoms with van der Waals surface area (Å²) in [6.45, 7) is 4.40. The highest BCUT2D eigenvalue weighted by atomic mass is 35.5. The molecule has 0 radical (unpaired) electrons. The second-order valence-electron chi connectivity index (χ2n) is 10.1. The van der Waals surface area contributed by atoms with Gasteiger partial charge < -0.3 is 19.7 Å². The topological polar surface area (TPSA) is 110 Å². The number of carbonyl (C=O) groups excluding carboxylic acids is 1. The minimum absolute atomic E-state index is 0.0152. The van der Waals surface area contributed by atoms with Crippen LogP contribution in [0.5, 0.6) is 11.5 Å². The molecule has 0 bridgehead atoms. The fourth-order valence-corrected chi connectivity index (χ4v) is 6.40. The van der Waals surface area contributed by atoms with Gasteiger partial charge in [-0.2, -0.15) is 0 Å². The summed E-state index contributed by atoms with van der Waals surface area (Å²) in [7, 11) is -1.94. The number of nitrogens with zero attached hydrogens (tertiary/aromatic N) is 2. The number of aromatic nitrogens is 1. The number of likely N-dealkylation sites (tertiary alicyclic amines) is 1. The minimum Gasteiger partial charge on any atom is -0.492 e. The van der Waals surface area contributed by atoms with E-state index in [1.807, 2.05) is 12.1 Å². The number of hydrogen-bond donors (Lipinski definition) is 2. The van der Waals surface area contributed by atoms with Crippen molar-refractivity contribution < 1.29 is 22.7 Å². The molecule has 12 heteroatoms. The van der Waals surface area contributed by atoms with Crippen LogP contribution >= 0.6 is 23.2 Å². The Morgan fingerprint density at radius 1 is 1.07 bits per heavy atom. The van der Waals surface area contributed by atoms with E-state index in [1.54, 1.807) is 31.2 Å². The first-order valence-corrected chi connectivity index (χ1v) is 15.2. The molecule has 2 aliphatic heterocycles. The van der Waals surface area contributed by atoms with E-state index < -0.39 is 10.0 Å². The van der Waals surface area contributed by atoms with Crippen molar-refractivity contribution in [2.24, 2.45) is 5.92 Å². The van der Waals surface area contributed by atoms with Crippen LogP contribution < -0.4 is 19.5 Å². The normalized spacial score (nSPS) is 15.9. The molecule has 5 rings (SSSR count). The summed E-state index contributed by atoms with van der Waals surface area (Å²) in [6, 6.07) is 11.6. The van der Waals surface area contributed by atoms with Gasteiger partial charge >= 0.3 is 0 Å². The predicted molar refractivity (Wildman–Crippen MR) is 155 cm³/mol. The number of nitrogens with one attached hydrogen (secondary N) is 2. The molecule has 40 heavy (non-hydrogen) atoms. The number of amides is 1. The quantitative estimate of drug-likeness (QED) is 0.341. The van der Waals surface area contributed by atoms with E-state index in [2.05, 4.69) is 27.0 Å². The van der Waals surface area contributed by atoms with Crippen LogP contribution in [0.4, 0.5) is 11.6 Å². The Morgan fingerprint density at radius 2 is 1.85 bits per heavy atom. The fourth-order valence-electron chi connectivity index (χ4n) is 4.72. The van der Waals surface area contributed by atoms with Crippen LogP contribution in [0.1, 0.15) is 29.5 Å². The van der Waals surface area contributed by atoms with E-state index >= 15 is 0 Å². The number of fused-ring (bicyclic) bond motifs is 1. The summed E-state index contributed by atoms with van der Waals surface area (Å²) in [4.78, 5) is 18.7. The first-order valence-electron chi connectivity index (χ1n) is 12.9. The molecule has 2 N–H and O–H groups in total. The Bertz CT molecular complexity index is 1540. The van der Waals surface area contributed by atoms with Gasteiger partial charge in [-0.05, 0) is 87.3 Å². The van der Waals surface area contributed by atoms with Gasteiger partial charge in [0, 0.05) is 10.6 Å². The molecule has 1 fully saturated rings. The maximum atomic E-state index is 13.3. The van der Waals surface area contributed by atoms with Gasteiger partial charge in [-0.25, -0.2) is 13.4 Å². The van der Waals surface area contributed by atoms with Crippen LogP contribution in [-0.4, -0.2) is 51.0 Å². The Hall–Kier alpha value is -3.05. The number of carbonyl (C=O) groups is 1. The van der Waals surface area contributed by atoms with Crippen molar-refractivity contribution in [2.75, 3.05) is 36.8 Å². The van der Waals surface area contributed by atoms with Gasteiger partial charge in [0.15, 0.2) is 11.6 Å². The van der Waals surface area contributed by atoms with E-state index in [-0.39, 0.29) is 41.2 Å². The molecule has 212 valence electrons. The Labute approximate surface area is 243 Å². The summed E-state index contributed by atoms with van der Waals surface area (Å²) >= 11 is 12.6. The highest BCUT2D eigenvalue weighted by Crippen LogP contribution is 2.35. The lowest BCUT2D eigenvalue weighted by Crippen LogP contribution is -2.32. The van der Waals surface area contributed by atoms with Crippen LogP contribution in [-0.2, 0) is 27.8 Å². The van der Waals surface area contributed by atoms with Crippen LogP contribution in [0.25, 0.3) is 0 Å². The van der Waals surface area contributed by atoms with Crippen molar-refractivity contribution in [3.63, 3.8) is 0 Å². The fraction of sp³-hybridized carbons (Fsp3) is 0.357. The van der Waals surface area contributed by atoms with Gasteiger partial charge in [0.1, 0.15) is 18.2 Å². The predicted octanol–water partition coefficient (Wildman–Crippen LogP) is 5.29. The van der Waals surface area contributed by atoms with Crippen molar-refractivity contribution in [2.45, 2.75) is 37.7 Å². The van der Waals surface area contributed by atoms with Gasteiger partial charge in [-0.15, -0.1) is 0 Å². The van der Waals surface area contributed by atoms with Gasteiger partial charge in [0.2, 0.25) is 5.91 Å². The maximum Gasteiger partial charge on any atom is 0.263 e. The number of piperidine rings is 1. The largest absolute Gasteiger partial charge is 0.492 e. The standard InChI is InChI=1S/C28H30Cl2N4O5S/c1-17-21(29)4-3-5-25(17)40(36,37)33-28-24(13-20-14-26(35)31-27(20)32-28)39-16-19-6-7-22(30)23(12-19)38-15-18-8-10-34(2)11-9-18/h3-7,12-13,18H,8-11,14-16H2,1-2H3,(H2,31,32,33,35). The number of hydrogen-bond acceptors (Lipinski definition) is 7. The number of pyridine rings is 1. The molecule has 0 atom stereocenters. The molecule has 1 aromatic heterocycles. The number of anilines is 2.